The van der Waals surface area contributed by atoms with Crippen molar-refractivity contribution in [2.24, 2.45) is 0 Å². The number of aldehydes is 1. The van der Waals surface area contributed by atoms with Crippen molar-refractivity contribution in [1.29, 1.82) is 0 Å². The number of aliphatic hydroxyl groups is 1. The largest absolute Gasteiger partial charge is 0.488 e. The molecule has 0 saturated carbocycles. The van der Waals surface area contributed by atoms with Gasteiger partial charge in [0, 0.05) is 12.4 Å². The van der Waals surface area contributed by atoms with Crippen molar-refractivity contribution in [2.45, 2.75) is 76.9 Å². The minimum Gasteiger partial charge on any atom is -0.423 e. The number of carbonyl (C=O) groups excluding carboxylic acids is 1. The molecule has 0 heterocycles. The Morgan fingerprint density at radius 1 is 0.929 bits per heavy atom. The van der Waals surface area contributed by atoms with Crippen LogP contribution in [0.5, 0.6) is 0 Å². The fourth-order valence-corrected chi connectivity index (χ4v) is 2.61. The summed E-state index contributed by atoms with van der Waals surface area (Å²) in [6, 6.07) is 7.00. The number of thiol groups is 1. The monoisotopic (exact) mass is 410 g/mol. The second-order valence-electron chi connectivity index (χ2n) is 6.55. The van der Waals surface area contributed by atoms with E-state index in [0.29, 0.717) is 24.1 Å². The van der Waals surface area contributed by atoms with Gasteiger partial charge in [-0.25, -0.2) is 0 Å². The highest BCUT2D eigenvalue weighted by atomic mass is 32.1. The fraction of sp³-hybridized carbons (Fsp3) is 0.591. The Morgan fingerprint density at radius 3 is 1.68 bits per heavy atom. The van der Waals surface area contributed by atoms with Crippen LogP contribution in [0.2, 0.25) is 0 Å². The molecule has 1 aromatic rings. The van der Waals surface area contributed by atoms with Gasteiger partial charge in [-0.3, -0.25) is 4.79 Å². The van der Waals surface area contributed by atoms with Gasteiger partial charge in [0.05, 0.1) is 0 Å². The number of allylic oxidation sites excluding steroid dienone is 1. The summed E-state index contributed by atoms with van der Waals surface area (Å²) in [6.45, 7) is 5.74. The Labute approximate surface area is 177 Å². The Kier molecular flexibility index (Phi) is 24.9. The van der Waals surface area contributed by atoms with Crippen LogP contribution in [0.3, 0.4) is 0 Å². The number of carbonyl (C=O) groups is 1. The molecule has 0 saturated heterocycles. The zero-order valence-electron chi connectivity index (χ0n) is 17.4. The van der Waals surface area contributed by atoms with Crippen molar-refractivity contribution in [1.82, 2.24) is 0 Å². The van der Waals surface area contributed by atoms with E-state index in [1.807, 2.05) is 12.1 Å². The summed E-state index contributed by atoms with van der Waals surface area (Å²) in [5.41, 5.74) is 1.58. The van der Waals surface area contributed by atoms with E-state index in [9.17, 15) is 0 Å². The Morgan fingerprint density at radius 2 is 1.36 bits per heavy atom. The van der Waals surface area contributed by atoms with Crippen molar-refractivity contribution in [2.75, 3.05) is 6.61 Å². The van der Waals surface area contributed by atoms with Gasteiger partial charge in [-0.15, -0.1) is 0 Å². The predicted octanol–water partition coefficient (Wildman–Crippen LogP) is 4.07. The first kappa shape index (κ1) is 29.1. The number of hydrogen-bond acceptors (Lipinski definition) is 5. The zero-order chi connectivity index (χ0) is 21.5. The van der Waals surface area contributed by atoms with Crippen LogP contribution in [0.25, 0.3) is 0 Å². The van der Waals surface area contributed by atoms with E-state index in [1.54, 1.807) is 12.1 Å². The number of aliphatic hydroxyl groups excluding tert-OH is 1. The maximum atomic E-state index is 9.06. The molecular weight excluding hydrogens is 371 g/mol. The van der Waals surface area contributed by atoms with Gasteiger partial charge in [-0.05, 0) is 23.5 Å². The lowest BCUT2D eigenvalue weighted by atomic mass is 9.80. The van der Waals surface area contributed by atoms with Crippen LogP contribution in [-0.4, -0.2) is 35.2 Å². The van der Waals surface area contributed by atoms with Crippen molar-refractivity contribution in [3.05, 3.63) is 42.5 Å². The predicted molar refractivity (Wildman–Crippen MR) is 124 cm³/mol. The molecule has 0 radical (unpaired) electrons. The quantitative estimate of drug-likeness (QED) is 0.130. The van der Waals surface area contributed by atoms with Crippen LogP contribution < -0.4 is 5.46 Å². The minimum absolute atomic E-state index is 0.372. The molecule has 0 spiro atoms. The number of rotatable bonds is 13. The molecule has 6 heteroatoms. The van der Waals surface area contributed by atoms with Gasteiger partial charge in [0.2, 0.25) is 0 Å². The minimum atomic E-state index is -1.37. The molecule has 4 nitrogen and oxygen atoms in total. The second kappa shape index (κ2) is 24.0. The molecular formula is C22H39BO4S. The Balaban J connectivity index is 0. The van der Waals surface area contributed by atoms with E-state index in [2.05, 4.69) is 26.1 Å². The summed E-state index contributed by atoms with van der Waals surface area (Å²) < 4.78 is 0. The number of unbranched alkanes of at least 4 members (excludes halogenated alkanes) is 9. The molecule has 0 atom stereocenters. The van der Waals surface area contributed by atoms with Gasteiger partial charge in [0.15, 0.2) is 0 Å². The van der Waals surface area contributed by atoms with Crippen molar-refractivity contribution >= 4 is 31.5 Å². The fourth-order valence-electron chi connectivity index (χ4n) is 2.39. The van der Waals surface area contributed by atoms with Gasteiger partial charge in [-0.1, -0.05) is 95.6 Å². The van der Waals surface area contributed by atoms with Crippen LogP contribution in [0.15, 0.2) is 36.9 Å². The van der Waals surface area contributed by atoms with Crippen LogP contribution >= 0.6 is 12.6 Å². The third kappa shape index (κ3) is 21.2. The van der Waals surface area contributed by atoms with Gasteiger partial charge >= 0.3 is 7.12 Å². The van der Waals surface area contributed by atoms with Crippen molar-refractivity contribution in [3.63, 3.8) is 0 Å². The average molecular weight is 410 g/mol. The normalized spacial score (nSPS) is 9.46. The molecule has 0 amide bonds. The average Bonchev–Trinajstić information content (AvgIpc) is 2.73. The summed E-state index contributed by atoms with van der Waals surface area (Å²) in [5.74, 6) is 0.668. The van der Waals surface area contributed by atoms with Crippen LogP contribution in [0.4, 0.5) is 0 Å². The standard InChI is InChI=1S/C12H26O.C7H9BO2S.C3H4O/c1-2-3-4-5-6-7-8-9-10-11-12-13;9-8(10)7-3-1-6(5-11)2-4-7;1-2-3-4/h13H,2-12H2,1H3;1-4,9-11H,5H2;2-3H,1H2. The lowest BCUT2D eigenvalue weighted by Crippen LogP contribution is -2.29. The summed E-state index contributed by atoms with van der Waals surface area (Å²) in [4.78, 5) is 9.06. The third-order valence-corrected chi connectivity index (χ3v) is 4.43. The summed E-state index contributed by atoms with van der Waals surface area (Å²) >= 11 is 4.07. The maximum Gasteiger partial charge on any atom is 0.488 e. The first-order chi connectivity index (χ1) is 13.6. The molecule has 160 valence electrons. The van der Waals surface area contributed by atoms with Crippen LogP contribution in [0, 0.1) is 0 Å². The summed E-state index contributed by atoms with van der Waals surface area (Å²) in [7, 11) is -1.37. The molecule has 28 heavy (non-hydrogen) atoms. The van der Waals surface area contributed by atoms with E-state index in [1.165, 1.54) is 63.9 Å². The third-order valence-electron chi connectivity index (χ3n) is 4.07. The zero-order valence-corrected chi connectivity index (χ0v) is 18.3. The molecule has 3 N–H and O–H groups in total. The number of hydrogen-bond donors (Lipinski definition) is 4. The lowest BCUT2D eigenvalue weighted by Gasteiger charge is -2.00. The van der Waals surface area contributed by atoms with Crippen LogP contribution in [-0.2, 0) is 10.5 Å². The first-order valence-electron chi connectivity index (χ1n) is 10.3. The van der Waals surface area contributed by atoms with E-state index in [0.717, 1.165) is 12.0 Å². The smallest absolute Gasteiger partial charge is 0.423 e. The lowest BCUT2D eigenvalue weighted by molar-refractivity contribution is -0.104. The first-order valence-corrected chi connectivity index (χ1v) is 10.9. The molecule has 0 aliphatic rings. The molecule has 0 bridgehead atoms. The van der Waals surface area contributed by atoms with Gasteiger partial charge in [0.1, 0.15) is 6.29 Å². The number of benzene rings is 1. The van der Waals surface area contributed by atoms with Gasteiger partial charge in [0.25, 0.3) is 0 Å². The second-order valence-corrected chi connectivity index (χ2v) is 6.87. The van der Waals surface area contributed by atoms with E-state index in [-0.39, 0.29) is 0 Å². The molecule has 0 fully saturated rings. The van der Waals surface area contributed by atoms with Crippen LogP contribution in [0.1, 0.15) is 76.7 Å². The van der Waals surface area contributed by atoms with Gasteiger partial charge < -0.3 is 15.2 Å². The van der Waals surface area contributed by atoms with Gasteiger partial charge in [-0.2, -0.15) is 12.6 Å². The highest BCUT2D eigenvalue weighted by Crippen LogP contribution is 2.10. The molecule has 0 aromatic heterocycles. The highest BCUT2D eigenvalue weighted by molar-refractivity contribution is 7.79. The molecule has 0 aliphatic heterocycles. The van der Waals surface area contributed by atoms with Crippen molar-refractivity contribution in [3.8, 4) is 0 Å². The van der Waals surface area contributed by atoms with E-state index < -0.39 is 7.12 Å². The molecule has 0 unspecified atom stereocenters. The Hall–Kier alpha value is -1.08. The molecule has 0 aliphatic carbocycles. The summed E-state index contributed by atoms with van der Waals surface area (Å²) in [5, 5.41) is 26.0. The SMILES string of the molecule is C=CC=O.CCCCCCCCCCCCO.OB(O)c1ccc(CS)cc1. The summed E-state index contributed by atoms with van der Waals surface area (Å²) in [6.07, 6.45) is 15.1. The van der Waals surface area contributed by atoms with E-state index in [4.69, 9.17) is 19.9 Å². The Bertz CT molecular complexity index is 436. The highest BCUT2D eigenvalue weighted by Gasteiger charge is 2.08. The maximum absolute atomic E-state index is 9.06. The topological polar surface area (TPSA) is 77.8 Å². The molecule has 1 aromatic carbocycles. The molecule has 1 rings (SSSR count). The van der Waals surface area contributed by atoms with Crippen molar-refractivity contribution < 1.29 is 19.9 Å². The van der Waals surface area contributed by atoms with E-state index >= 15 is 0 Å².